The van der Waals surface area contributed by atoms with Crippen LogP contribution in [0.15, 0.2) is 6.33 Å². The van der Waals surface area contributed by atoms with Gasteiger partial charge in [0.25, 0.3) is 0 Å². The molecule has 0 radical (unpaired) electrons. The van der Waals surface area contributed by atoms with E-state index in [1.165, 1.54) is 6.33 Å². The van der Waals surface area contributed by atoms with Gasteiger partial charge in [0.05, 0.1) is 26.1 Å². The van der Waals surface area contributed by atoms with Gasteiger partial charge in [-0.25, -0.2) is 14.8 Å². The molecule has 2 rings (SSSR count). The summed E-state index contributed by atoms with van der Waals surface area (Å²) in [4.78, 5) is 21.4. The third kappa shape index (κ3) is 5.33. The molecule has 12 nitrogen and oxygen atoms in total. The number of nitrogens with two attached hydrogens (primary N) is 2. The molecule has 0 fully saturated rings. The number of hydrogen-bond donors (Lipinski definition) is 2. The molecular weight excluding hydrogens is 355 g/mol. The highest BCUT2D eigenvalue weighted by molar-refractivity contribution is 7.53. The van der Waals surface area contributed by atoms with Gasteiger partial charge in [-0.3, -0.25) is 4.57 Å². The van der Waals surface area contributed by atoms with E-state index in [1.54, 1.807) is 18.4 Å². The summed E-state index contributed by atoms with van der Waals surface area (Å²) in [6, 6.07) is 0. The Morgan fingerprint density at radius 2 is 1.84 bits per heavy atom. The van der Waals surface area contributed by atoms with E-state index >= 15 is 0 Å². The van der Waals surface area contributed by atoms with Gasteiger partial charge in [-0.2, -0.15) is 9.97 Å². The van der Waals surface area contributed by atoms with E-state index in [0.29, 0.717) is 17.7 Å². The number of ether oxygens (including phenoxy) is 1. The van der Waals surface area contributed by atoms with Crippen LogP contribution in [-0.4, -0.2) is 45.7 Å². The fourth-order valence-corrected chi connectivity index (χ4v) is 2.80. The number of nitrogen functional groups attached to an aromatic ring is 2. The summed E-state index contributed by atoms with van der Waals surface area (Å²) in [6.45, 7) is 4.27. The van der Waals surface area contributed by atoms with E-state index in [1.807, 2.05) is 0 Å². The zero-order valence-electron chi connectivity index (χ0n) is 14.0. The summed E-state index contributed by atoms with van der Waals surface area (Å²) in [5, 5.41) is 0. The van der Waals surface area contributed by atoms with Crippen LogP contribution in [0.5, 0.6) is 0 Å². The molecule has 140 valence electrons. The second kappa shape index (κ2) is 9.04. The second-order valence-corrected chi connectivity index (χ2v) is 6.47. The zero-order chi connectivity index (χ0) is 18.3. The summed E-state index contributed by atoms with van der Waals surface area (Å²) in [6.07, 6.45) is 1.18. The molecule has 4 N–H and O–H groups in total. The lowest BCUT2D eigenvalue weighted by Crippen LogP contribution is -2.10. The summed E-state index contributed by atoms with van der Waals surface area (Å²) >= 11 is 0. The van der Waals surface area contributed by atoms with Crippen LogP contribution in [0.3, 0.4) is 0 Å². The van der Waals surface area contributed by atoms with Crippen molar-refractivity contribution in [2.45, 2.75) is 20.4 Å². The summed E-state index contributed by atoms with van der Waals surface area (Å²) in [5.41, 5.74) is 12.2. The Morgan fingerprint density at radius 3 is 2.48 bits per heavy atom. The lowest BCUT2D eigenvalue weighted by Gasteiger charge is -2.15. The summed E-state index contributed by atoms with van der Waals surface area (Å²) in [7, 11) is -3.68. The first kappa shape index (κ1) is 19.5. The van der Waals surface area contributed by atoms with Crippen LogP contribution in [0.2, 0.25) is 0 Å². The maximum absolute atomic E-state index is 12.3. The number of imidazole rings is 1. The van der Waals surface area contributed by atoms with Gasteiger partial charge in [0, 0.05) is 6.54 Å². The van der Waals surface area contributed by atoms with Crippen molar-refractivity contribution in [1.82, 2.24) is 19.5 Å². The van der Waals surface area contributed by atoms with Gasteiger partial charge in [0.1, 0.15) is 5.52 Å². The Hall–Kier alpha value is -1.82. The highest BCUT2D eigenvalue weighted by Crippen LogP contribution is 2.48. The van der Waals surface area contributed by atoms with Crippen molar-refractivity contribution in [3.63, 3.8) is 0 Å². The van der Waals surface area contributed by atoms with Crippen LogP contribution in [0.25, 0.3) is 11.2 Å². The smallest absolute Gasteiger partial charge is 0.382 e. The minimum absolute atomic E-state index is 0.0485. The van der Waals surface area contributed by atoms with Crippen molar-refractivity contribution < 1.29 is 28.4 Å². The SMILES string of the molecule is CCOOP(=O)(COCCn1cnc2c(N)nc(N)nc21)OOCC. The van der Waals surface area contributed by atoms with Gasteiger partial charge < -0.3 is 20.8 Å². The highest BCUT2D eigenvalue weighted by atomic mass is 31.2. The van der Waals surface area contributed by atoms with E-state index in [9.17, 15) is 4.57 Å². The van der Waals surface area contributed by atoms with Gasteiger partial charge >= 0.3 is 7.60 Å². The molecule has 2 aromatic heterocycles. The number of rotatable bonds is 11. The van der Waals surface area contributed by atoms with Crippen molar-refractivity contribution in [3.8, 4) is 0 Å². The van der Waals surface area contributed by atoms with Crippen molar-refractivity contribution >= 4 is 30.5 Å². The molecule has 0 aliphatic heterocycles. The van der Waals surface area contributed by atoms with Gasteiger partial charge in [0.15, 0.2) is 17.8 Å². The van der Waals surface area contributed by atoms with E-state index in [-0.39, 0.29) is 37.9 Å². The number of fused-ring (bicyclic) bond motifs is 1. The molecule has 0 saturated carbocycles. The van der Waals surface area contributed by atoms with Crippen molar-refractivity contribution in [2.24, 2.45) is 0 Å². The lowest BCUT2D eigenvalue weighted by atomic mass is 10.5. The Labute approximate surface area is 143 Å². The molecule has 0 aliphatic carbocycles. The number of nitrogens with zero attached hydrogens (tertiary/aromatic N) is 4. The minimum atomic E-state index is -3.68. The van der Waals surface area contributed by atoms with Gasteiger partial charge in [-0.1, -0.05) is 0 Å². The molecule has 0 aromatic carbocycles. The fraction of sp³-hybridized carbons (Fsp3) is 0.583. The first-order valence-corrected chi connectivity index (χ1v) is 9.25. The van der Waals surface area contributed by atoms with Crippen LogP contribution < -0.4 is 11.5 Å². The number of aromatic nitrogens is 4. The molecule has 0 spiro atoms. The quantitative estimate of drug-likeness (QED) is 0.250. The van der Waals surface area contributed by atoms with Crippen LogP contribution >= 0.6 is 7.60 Å². The first-order valence-electron chi connectivity index (χ1n) is 7.52. The first-order chi connectivity index (χ1) is 12.0. The zero-order valence-corrected chi connectivity index (χ0v) is 14.8. The van der Waals surface area contributed by atoms with Crippen molar-refractivity contribution in [2.75, 3.05) is 37.6 Å². The van der Waals surface area contributed by atoms with Crippen molar-refractivity contribution in [1.29, 1.82) is 0 Å². The molecule has 0 saturated heterocycles. The van der Waals surface area contributed by atoms with E-state index in [2.05, 4.69) is 24.7 Å². The van der Waals surface area contributed by atoms with Gasteiger partial charge in [0.2, 0.25) is 5.95 Å². The molecule has 0 unspecified atom stereocenters. The molecular formula is C12H21N6O6P. The van der Waals surface area contributed by atoms with E-state index < -0.39 is 7.60 Å². The van der Waals surface area contributed by atoms with Gasteiger partial charge in [-0.15, -0.1) is 9.35 Å². The Morgan fingerprint density at radius 1 is 1.16 bits per heavy atom. The predicted molar refractivity (Wildman–Crippen MR) is 88.0 cm³/mol. The Balaban J connectivity index is 1.92. The fourth-order valence-electron chi connectivity index (χ4n) is 1.81. The average molecular weight is 376 g/mol. The number of hydrogen-bond acceptors (Lipinski definition) is 11. The molecule has 0 aliphatic rings. The summed E-state index contributed by atoms with van der Waals surface area (Å²) < 4.78 is 28.8. The van der Waals surface area contributed by atoms with E-state index in [4.69, 9.17) is 25.6 Å². The number of anilines is 2. The molecule has 25 heavy (non-hydrogen) atoms. The monoisotopic (exact) mass is 376 g/mol. The second-order valence-electron chi connectivity index (χ2n) is 4.69. The molecule has 2 aromatic rings. The third-order valence-electron chi connectivity index (χ3n) is 2.80. The third-order valence-corrected chi connectivity index (χ3v) is 3.97. The Kier molecular flexibility index (Phi) is 7.05. The standard InChI is InChI=1S/C12H21N6O6P/c1-3-21-23-25(19,24-22-4-2)8-20-6-5-18-7-15-9-10(13)16-12(14)17-11(9)18/h7H,3-6,8H2,1-2H3,(H4,13,14,16,17). The molecule has 13 heteroatoms. The molecule has 0 atom stereocenters. The van der Waals surface area contributed by atoms with Gasteiger partial charge in [-0.05, 0) is 13.8 Å². The van der Waals surface area contributed by atoms with Crippen molar-refractivity contribution in [3.05, 3.63) is 6.33 Å². The molecule has 0 bridgehead atoms. The topological polar surface area (TPSA) is 159 Å². The maximum atomic E-state index is 12.3. The normalized spacial score (nSPS) is 12.1. The Bertz CT molecular complexity index is 728. The van der Waals surface area contributed by atoms with Crippen LogP contribution in [-0.2, 0) is 35.0 Å². The molecule has 0 amide bonds. The minimum Gasteiger partial charge on any atom is -0.382 e. The molecule has 2 heterocycles. The van der Waals surface area contributed by atoms with Crippen LogP contribution in [0, 0.1) is 0 Å². The lowest BCUT2D eigenvalue weighted by molar-refractivity contribution is -0.265. The summed E-state index contributed by atoms with van der Waals surface area (Å²) in [5.74, 6) is 0.245. The highest BCUT2D eigenvalue weighted by Gasteiger charge is 2.28. The maximum Gasteiger partial charge on any atom is 0.409 e. The average Bonchev–Trinajstić information content (AvgIpc) is 2.98. The predicted octanol–water partition coefficient (Wildman–Crippen LogP) is 1.09. The van der Waals surface area contributed by atoms with Crippen LogP contribution in [0.1, 0.15) is 13.8 Å². The van der Waals surface area contributed by atoms with Crippen LogP contribution in [0.4, 0.5) is 11.8 Å². The largest absolute Gasteiger partial charge is 0.409 e. The van der Waals surface area contributed by atoms with E-state index in [0.717, 1.165) is 0 Å².